The number of carbonyl (C=O) groups excluding carboxylic acids is 1. The summed E-state index contributed by atoms with van der Waals surface area (Å²) in [5, 5.41) is 0. The van der Waals surface area contributed by atoms with E-state index in [4.69, 9.17) is 0 Å². The van der Waals surface area contributed by atoms with Gasteiger partial charge in [0.15, 0.2) is 0 Å². The van der Waals surface area contributed by atoms with Crippen molar-refractivity contribution in [2.75, 3.05) is 13.1 Å². The minimum Gasteiger partial charge on any atom is -0.338 e. The number of amides is 1. The summed E-state index contributed by atoms with van der Waals surface area (Å²) in [5.74, 6) is 1.71. The Hall–Kier alpha value is -1.97. The van der Waals surface area contributed by atoms with Crippen molar-refractivity contribution in [2.24, 2.45) is 11.8 Å². The molecular weight excluding hydrogens is 298 g/mol. The van der Waals surface area contributed by atoms with Crippen LogP contribution in [0, 0.1) is 25.7 Å². The highest BCUT2D eigenvalue weighted by molar-refractivity contribution is 5.97. The van der Waals surface area contributed by atoms with E-state index in [1.54, 1.807) is 0 Å². The van der Waals surface area contributed by atoms with Crippen LogP contribution in [0.2, 0.25) is 0 Å². The van der Waals surface area contributed by atoms with Crippen LogP contribution in [0.25, 0.3) is 11.0 Å². The molecule has 1 saturated heterocycles. The average Bonchev–Trinajstić information content (AvgIpc) is 2.61. The standard InChI is InChI=1S/C20H25N3O/c1-13-14(2)22-19-11-16(7-8-18(19)21-13)20(24)23-10-9-15-5-3-4-6-17(15)12-23/h7-8,11,15,17H,3-6,9-10,12H2,1-2H3/t15-,17+/m1/s1. The third-order valence-electron chi connectivity index (χ3n) is 5.90. The van der Waals surface area contributed by atoms with Crippen molar-refractivity contribution in [2.45, 2.75) is 46.0 Å². The van der Waals surface area contributed by atoms with Crippen LogP contribution in [0.5, 0.6) is 0 Å². The molecule has 0 bridgehead atoms. The molecule has 4 nitrogen and oxygen atoms in total. The van der Waals surface area contributed by atoms with E-state index in [-0.39, 0.29) is 5.91 Å². The molecule has 0 N–H and O–H groups in total. The molecule has 1 aromatic carbocycles. The monoisotopic (exact) mass is 323 g/mol. The molecule has 1 aliphatic heterocycles. The van der Waals surface area contributed by atoms with Crippen LogP contribution >= 0.6 is 0 Å². The van der Waals surface area contributed by atoms with Gasteiger partial charge in [-0.3, -0.25) is 4.79 Å². The molecule has 4 rings (SSSR count). The lowest BCUT2D eigenvalue weighted by Gasteiger charge is -2.41. The summed E-state index contributed by atoms with van der Waals surface area (Å²) in [6.07, 6.45) is 6.51. The van der Waals surface area contributed by atoms with Gasteiger partial charge in [-0.05, 0) is 56.7 Å². The van der Waals surface area contributed by atoms with E-state index >= 15 is 0 Å². The van der Waals surface area contributed by atoms with Crippen LogP contribution < -0.4 is 0 Å². The van der Waals surface area contributed by atoms with Crippen molar-refractivity contribution >= 4 is 16.9 Å². The van der Waals surface area contributed by atoms with E-state index in [1.807, 2.05) is 32.0 Å². The maximum absolute atomic E-state index is 12.9. The average molecular weight is 323 g/mol. The summed E-state index contributed by atoms with van der Waals surface area (Å²) in [6, 6.07) is 5.74. The molecule has 1 aromatic heterocycles. The molecule has 0 radical (unpaired) electrons. The van der Waals surface area contributed by atoms with E-state index in [2.05, 4.69) is 14.9 Å². The number of piperidine rings is 1. The van der Waals surface area contributed by atoms with E-state index < -0.39 is 0 Å². The van der Waals surface area contributed by atoms with E-state index in [0.29, 0.717) is 5.92 Å². The Morgan fingerprint density at radius 1 is 1.00 bits per heavy atom. The van der Waals surface area contributed by atoms with Gasteiger partial charge in [0, 0.05) is 18.7 Å². The van der Waals surface area contributed by atoms with Crippen molar-refractivity contribution < 1.29 is 4.79 Å². The first-order chi connectivity index (χ1) is 11.6. The fourth-order valence-corrected chi connectivity index (χ4v) is 4.33. The first-order valence-corrected chi connectivity index (χ1v) is 9.16. The van der Waals surface area contributed by atoms with Gasteiger partial charge in [0.05, 0.1) is 22.4 Å². The molecule has 1 aliphatic carbocycles. The van der Waals surface area contributed by atoms with Crippen molar-refractivity contribution in [1.29, 1.82) is 0 Å². The molecule has 2 heterocycles. The lowest BCUT2D eigenvalue weighted by molar-refractivity contribution is 0.0521. The molecule has 1 saturated carbocycles. The molecule has 1 amide bonds. The molecule has 0 spiro atoms. The van der Waals surface area contributed by atoms with E-state index in [9.17, 15) is 4.79 Å². The first-order valence-electron chi connectivity index (χ1n) is 9.16. The number of hydrogen-bond acceptors (Lipinski definition) is 3. The van der Waals surface area contributed by atoms with Gasteiger partial charge >= 0.3 is 0 Å². The largest absolute Gasteiger partial charge is 0.338 e. The van der Waals surface area contributed by atoms with Gasteiger partial charge in [-0.25, -0.2) is 9.97 Å². The molecule has 2 aromatic rings. The van der Waals surface area contributed by atoms with Crippen LogP contribution in [0.3, 0.4) is 0 Å². The van der Waals surface area contributed by atoms with Crippen molar-refractivity contribution in [1.82, 2.24) is 14.9 Å². The van der Waals surface area contributed by atoms with Gasteiger partial charge < -0.3 is 4.90 Å². The van der Waals surface area contributed by atoms with Crippen molar-refractivity contribution in [3.63, 3.8) is 0 Å². The summed E-state index contributed by atoms with van der Waals surface area (Å²) < 4.78 is 0. The zero-order valence-corrected chi connectivity index (χ0v) is 14.6. The van der Waals surface area contributed by atoms with Gasteiger partial charge in [-0.2, -0.15) is 0 Å². The quantitative estimate of drug-likeness (QED) is 0.799. The lowest BCUT2D eigenvalue weighted by Crippen LogP contribution is -2.44. The van der Waals surface area contributed by atoms with Crippen LogP contribution in [0.1, 0.15) is 53.8 Å². The summed E-state index contributed by atoms with van der Waals surface area (Å²) in [4.78, 5) is 24.2. The van der Waals surface area contributed by atoms with Gasteiger partial charge in [-0.15, -0.1) is 0 Å². The number of aromatic nitrogens is 2. The minimum absolute atomic E-state index is 0.154. The number of hydrogen-bond donors (Lipinski definition) is 0. The van der Waals surface area contributed by atoms with Gasteiger partial charge in [0.25, 0.3) is 5.91 Å². The van der Waals surface area contributed by atoms with Crippen LogP contribution in [0.4, 0.5) is 0 Å². The Labute approximate surface area is 143 Å². The molecule has 126 valence electrons. The lowest BCUT2D eigenvalue weighted by atomic mass is 9.75. The predicted octanol–water partition coefficient (Wildman–Crippen LogP) is 3.90. The highest BCUT2D eigenvalue weighted by Crippen LogP contribution is 2.36. The highest BCUT2D eigenvalue weighted by atomic mass is 16.2. The number of carbonyl (C=O) groups is 1. The second-order valence-electron chi connectivity index (χ2n) is 7.44. The number of rotatable bonds is 1. The Morgan fingerprint density at radius 3 is 2.50 bits per heavy atom. The third kappa shape index (κ3) is 2.79. The first kappa shape index (κ1) is 15.6. The summed E-state index contributed by atoms with van der Waals surface area (Å²) >= 11 is 0. The topological polar surface area (TPSA) is 46.1 Å². The van der Waals surface area contributed by atoms with Crippen LogP contribution in [-0.2, 0) is 0 Å². The van der Waals surface area contributed by atoms with Crippen molar-refractivity contribution in [3.8, 4) is 0 Å². The van der Waals surface area contributed by atoms with Gasteiger partial charge in [0.1, 0.15) is 0 Å². The molecular formula is C20H25N3O. The van der Waals surface area contributed by atoms with Gasteiger partial charge in [-0.1, -0.05) is 19.3 Å². The molecule has 24 heavy (non-hydrogen) atoms. The molecule has 2 atom stereocenters. The fourth-order valence-electron chi connectivity index (χ4n) is 4.33. The maximum Gasteiger partial charge on any atom is 0.253 e. The zero-order valence-electron chi connectivity index (χ0n) is 14.6. The Balaban J connectivity index is 1.57. The number of aryl methyl sites for hydroxylation is 2. The second kappa shape index (κ2) is 6.15. The maximum atomic E-state index is 12.9. The summed E-state index contributed by atoms with van der Waals surface area (Å²) in [7, 11) is 0. The summed E-state index contributed by atoms with van der Waals surface area (Å²) in [5.41, 5.74) is 4.29. The fraction of sp³-hybridized carbons (Fsp3) is 0.550. The number of fused-ring (bicyclic) bond motifs is 2. The van der Waals surface area contributed by atoms with Gasteiger partial charge in [0.2, 0.25) is 0 Å². The van der Waals surface area contributed by atoms with E-state index in [0.717, 1.165) is 47.0 Å². The van der Waals surface area contributed by atoms with Crippen molar-refractivity contribution in [3.05, 3.63) is 35.2 Å². The smallest absolute Gasteiger partial charge is 0.253 e. The predicted molar refractivity (Wildman–Crippen MR) is 95.0 cm³/mol. The minimum atomic E-state index is 0.154. The Morgan fingerprint density at radius 2 is 1.71 bits per heavy atom. The van der Waals surface area contributed by atoms with E-state index in [1.165, 1.54) is 32.1 Å². The molecule has 2 aliphatic rings. The Kier molecular flexibility index (Phi) is 3.99. The number of likely N-dealkylation sites (tertiary alicyclic amines) is 1. The number of benzene rings is 1. The van der Waals surface area contributed by atoms with Crippen LogP contribution in [0.15, 0.2) is 18.2 Å². The molecule has 4 heteroatoms. The zero-order chi connectivity index (χ0) is 16.7. The second-order valence-corrected chi connectivity index (χ2v) is 7.44. The normalized spacial score (nSPS) is 24.0. The SMILES string of the molecule is Cc1nc2ccc(C(=O)N3CC[C@H]4CCCC[C@H]4C3)cc2nc1C. The molecule has 0 unspecified atom stereocenters. The number of nitrogens with zero attached hydrogens (tertiary/aromatic N) is 3. The Bertz CT molecular complexity index is 786. The highest BCUT2D eigenvalue weighted by Gasteiger charge is 2.33. The molecule has 2 fully saturated rings. The van der Waals surface area contributed by atoms with Crippen LogP contribution in [-0.4, -0.2) is 33.9 Å². The third-order valence-corrected chi connectivity index (χ3v) is 5.90. The summed E-state index contributed by atoms with van der Waals surface area (Å²) in [6.45, 7) is 5.76.